The van der Waals surface area contributed by atoms with E-state index in [1.165, 1.54) is 4.88 Å². The van der Waals surface area contributed by atoms with Crippen molar-refractivity contribution in [1.82, 2.24) is 20.4 Å². The van der Waals surface area contributed by atoms with Crippen LogP contribution in [0, 0.1) is 0 Å². The molecule has 1 aromatic heterocycles. The SMILES string of the molecule is C=C(C)CNC(=NCC(=O)N(C)C)NCC(c1cccs1)N1CCOCC1. The highest BCUT2D eigenvalue weighted by Gasteiger charge is 2.23. The van der Waals surface area contributed by atoms with Crippen molar-refractivity contribution >= 4 is 23.2 Å². The number of morpholine rings is 1. The summed E-state index contributed by atoms with van der Waals surface area (Å²) in [6, 6.07) is 4.49. The van der Waals surface area contributed by atoms with Gasteiger partial charge in [0, 0.05) is 45.2 Å². The average molecular weight is 394 g/mol. The van der Waals surface area contributed by atoms with E-state index in [4.69, 9.17) is 4.74 Å². The van der Waals surface area contributed by atoms with Crippen LogP contribution < -0.4 is 10.6 Å². The monoisotopic (exact) mass is 393 g/mol. The van der Waals surface area contributed by atoms with Crippen molar-refractivity contribution < 1.29 is 9.53 Å². The third-order valence-electron chi connectivity index (χ3n) is 4.25. The van der Waals surface area contributed by atoms with Crippen molar-refractivity contribution in [3.63, 3.8) is 0 Å². The minimum absolute atomic E-state index is 0.0330. The number of hydrogen-bond acceptors (Lipinski definition) is 5. The topological polar surface area (TPSA) is 69.2 Å². The van der Waals surface area contributed by atoms with Gasteiger partial charge in [0.25, 0.3) is 0 Å². The van der Waals surface area contributed by atoms with Gasteiger partial charge >= 0.3 is 0 Å². The van der Waals surface area contributed by atoms with E-state index < -0.39 is 0 Å². The molecule has 1 atom stereocenters. The Hall–Kier alpha value is -1.90. The molecule has 0 aliphatic carbocycles. The molecule has 2 N–H and O–H groups in total. The molecule has 1 unspecified atom stereocenters. The first-order valence-electron chi connectivity index (χ1n) is 9.19. The van der Waals surface area contributed by atoms with Crippen LogP contribution in [0.1, 0.15) is 17.8 Å². The maximum absolute atomic E-state index is 11.9. The number of ether oxygens (including phenoxy) is 1. The molecule has 0 aromatic carbocycles. The third kappa shape index (κ3) is 7.32. The quantitative estimate of drug-likeness (QED) is 0.396. The summed E-state index contributed by atoms with van der Waals surface area (Å²) in [7, 11) is 3.47. The fourth-order valence-electron chi connectivity index (χ4n) is 2.67. The zero-order valence-corrected chi connectivity index (χ0v) is 17.3. The number of amides is 1. The second-order valence-corrected chi connectivity index (χ2v) is 7.80. The summed E-state index contributed by atoms with van der Waals surface area (Å²) < 4.78 is 5.50. The highest BCUT2D eigenvalue weighted by Crippen LogP contribution is 2.25. The lowest BCUT2D eigenvalue weighted by Gasteiger charge is -2.34. The van der Waals surface area contributed by atoms with E-state index in [0.717, 1.165) is 31.9 Å². The maximum atomic E-state index is 11.9. The van der Waals surface area contributed by atoms with Crippen LogP contribution in [0.25, 0.3) is 0 Å². The largest absolute Gasteiger partial charge is 0.379 e. The molecule has 8 heteroatoms. The third-order valence-corrected chi connectivity index (χ3v) is 5.22. The van der Waals surface area contributed by atoms with Crippen molar-refractivity contribution in [3.05, 3.63) is 34.5 Å². The van der Waals surface area contributed by atoms with E-state index in [9.17, 15) is 4.79 Å². The van der Waals surface area contributed by atoms with Gasteiger partial charge in [0.05, 0.1) is 19.3 Å². The van der Waals surface area contributed by atoms with Crippen molar-refractivity contribution in [2.45, 2.75) is 13.0 Å². The first-order chi connectivity index (χ1) is 13.0. The van der Waals surface area contributed by atoms with E-state index >= 15 is 0 Å². The molecule has 1 aromatic rings. The smallest absolute Gasteiger partial charge is 0.243 e. The number of nitrogens with one attached hydrogen (secondary N) is 2. The van der Waals surface area contributed by atoms with Crippen LogP contribution in [-0.2, 0) is 9.53 Å². The summed E-state index contributed by atoms with van der Waals surface area (Å²) in [6.45, 7) is 10.6. The fraction of sp³-hybridized carbons (Fsp3) is 0.579. The number of likely N-dealkylation sites (N-methyl/N-ethyl adjacent to an activating group) is 1. The van der Waals surface area contributed by atoms with Crippen LogP contribution in [-0.4, -0.2) is 81.7 Å². The van der Waals surface area contributed by atoms with Gasteiger partial charge in [0.15, 0.2) is 5.96 Å². The summed E-state index contributed by atoms with van der Waals surface area (Å²) in [5.41, 5.74) is 1.01. The fourth-order valence-corrected chi connectivity index (χ4v) is 3.53. The zero-order valence-electron chi connectivity index (χ0n) is 16.5. The summed E-state index contributed by atoms with van der Waals surface area (Å²) in [6.07, 6.45) is 0. The first kappa shape index (κ1) is 21.4. The Morgan fingerprint density at radius 3 is 2.74 bits per heavy atom. The molecule has 1 fully saturated rings. The standard InChI is InChI=1S/C19H31N5O2S/c1-15(2)12-20-19(22-14-18(25)23(3)4)21-13-16(17-6-5-11-27-17)24-7-9-26-10-8-24/h5-6,11,16H,1,7-10,12-14H2,2-4H3,(H2,20,21,22). The molecular formula is C19H31N5O2S. The van der Waals surface area contributed by atoms with Gasteiger partial charge in [-0.15, -0.1) is 11.3 Å². The highest BCUT2D eigenvalue weighted by molar-refractivity contribution is 7.10. The van der Waals surface area contributed by atoms with Crippen LogP contribution >= 0.6 is 11.3 Å². The molecule has 1 saturated heterocycles. The average Bonchev–Trinajstić information content (AvgIpc) is 3.18. The van der Waals surface area contributed by atoms with Gasteiger partial charge in [-0.3, -0.25) is 9.69 Å². The Bertz CT molecular complexity index is 624. The Labute approximate surface area is 166 Å². The first-order valence-corrected chi connectivity index (χ1v) is 10.1. The van der Waals surface area contributed by atoms with Crippen molar-refractivity contribution in [3.8, 4) is 0 Å². The Morgan fingerprint density at radius 1 is 1.41 bits per heavy atom. The second-order valence-electron chi connectivity index (χ2n) is 6.82. The molecular weight excluding hydrogens is 362 g/mol. The summed E-state index contributed by atoms with van der Waals surface area (Å²) >= 11 is 1.76. The van der Waals surface area contributed by atoms with Gasteiger partial charge in [-0.05, 0) is 18.4 Å². The van der Waals surface area contributed by atoms with E-state index in [-0.39, 0.29) is 18.5 Å². The van der Waals surface area contributed by atoms with E-state index in [2.05, 4.69) is 44.6 Å². The molecule has 0 spiro atoms. The van der Waals surface area contributed by atoms with Crippen LogP contribution in [0.5, 0.6) is 0 Å². The zero-order chi connectivity index (χ0) is 19.6. The van der Waals surface area contributed by atoms with Gasteiger partial charge in [0.1, 0.15) is 6.54 Å². The predicted octanol–water partition coefficient (Wildman–Crippen LogP) is 1.32. The summed E-state index contributed by atoms with van der Waals surface area (Å²) in [5, 5.41) is 8.76. The minimum Gasteiger partial charge on any atom is -0.379 e. The lowest BCUT2D eigenvalue weighted by Crippen LogP contribution is -2.46. The minimum atomic E-state index is -0.0330. The molecule has 7 nitrogen and oxygen atoms in total. The normalized spacial score (nSPS) is 16.6. The molecule has 27 heavy (non-hydrogen) atoms. The molecule has 150 valence electrons. The number of guanidine groups is 1. The molecule has 1 aliphatic rings. The lowest BCUT2D eigenvalue weighted by atomic mass is 10.2. The molecule has 0 saturated carbocycles. The molecule has 2 heterocycles. The molecule has 0 radical (unpaired) electrons. The number of hydrogen-bond donors (Lipinski definition) is 2. The molecule has 1 aliphatic heterocycles. The summed E-state index contributed by atoms with van der Waals surface area (Å²) in [5.74, 6) is 0.595. The number of aliphatic imine (C=N–C) groups is 1. The number of thiophene rings is 1. The lowest BCUT2D eigenvalue weighted by molar-refractivity contribution is -0.127. The molecule has 1 amide bonds. The number of carbonyl (C=O) groups excluding carboxylic acids is 1. The van der Waals surface area contributed by atoms with Crippen LogP contribution in [0.4, 0.5) is 0 Å². The van der Waals surface area contributed by atoms with Crippen molar-refractivity contribution in [2.24, 2.45) is 4.99 Å². The Kier molecular flexibility index (Phi) is 8.77. The van der Waals surface area contributed by atoms with Crippen LogP contribution in [0.2, 0.25) is 0 Å². The maximum Gasteiger partial charge on any atom is 0.243 e. The number of nitrogens with zero attached hydrogens (tertiary/aromatic N) is 3. The van der Waals surface area contributed by atoms with Gasteiger partial charge < -0.3 is 20.3 Å². The Balaban J connectivity index is 2.04. The van der Waals surface area contributed by atoms with Gasteiger partial charge in [-0.2, -0.15) is 0 Å². The predicted molar refractivity (Wildman–Crippen MR) is 111 cm³/mol. The molecule has 0 bridgehead atoms. The Morgan fingerprint density at radius 2 is 2.15 bits per heavy atom. The van der Waals surface area contributed by atoms with E-state index in [1.54, 1.807) is 30.3 Å². The summed E-state index contributed by atoms with van der Waals surface area (Å²) in [4.78, 5) is 21.6. The van der Waals surface area contributed by atoms with Gasteiger partial charge in [-0.1, -0.05) is 18.2 Å². The van der Waals surface area contributed by atoms with Crippen molar-refractivity contribution in [2.75, 3.05) is 60.0 Å². The van der Waals surface area contributed by atoms with Gasteiger partial charge in [-0.25, -0.2) is 4.99 Å². The number of rotatable bonds is 8. The highest BCUT2D eigenvalue weighted by atomic mass is 32.1. The van der Waals surface area contributed by atoms with Crippen molar-refractivity contribution in [1.29, 1.82) is 0 Å². The molecule has 2 rings (SSSR count). The number of carbonyl (C=O) groups is 1. The van der Waals surface area contributed by atoms with E-state index in [1.807, 2.05) is 6.92 Å². The second kappa shape index (κ2) is 11.1. The van der Waals surface area contributed by atoms with Crippen LogP contribution in [0.15, 0.2) is 34.7 Å². The van der Waals surface area contributed by atoms with Crippen LogP contribution in [0.3, 0.4) is 0 Å². The van der Waals surface area contributed by atoms with E-state index in [0.29, 0.717) is 19.0 Å². The van der Waals surface area contributed by atoms with Gasteiger partial charge in [0.2, 0.25) is 5.91 Å².